The van der Waals surface area contributed by atoms with Crippen molar-refractivity contribution < 1.29 is 10.9 Å². The molecule has 2 rings (SSSR count). The molecule has 0 aliphatic heterocycles. The lowest BCUT2D eigenvalue weighted by Gasteiger charge is -2.14. The van der Waals surface area contributed by atoms with Crippen LogP contribution in [-0.2, 0) is 0 Å². The Hall–Kier alpha value is -1.87. The minimum atomic E-state index is -1.68. The molecule has 2 aromatic rings. The third-order valence-electron chi connectivity index (χ3n) is 2.61. The first kappa shape index (κ1) is 10.3. The minimum Gasteiger partial charge on any atom is -0.508 e. The summed E-state index contributed by atoms with van der Waals surface area (Å²) in [6.07, 6.45) is 0. The lowest BCUT2D eigenvalue weighted by atomic mass is 9.98. The maximum absolute atomic E-state index is 13.2. The molecule has 0 aliphatic carbocycles. The zero-order chi connectivity index (χ0) is 13.3. The highest BCUT2D eigenvalue weighted by atomic mass is 19.1. The zero-order valence-electron chi connectivity index (χ0n) is 10.4. The van der Waals surface area contributed by atoms with Gasteiger partial charge in [0.1, 0.15) is 11.6 Å². The first-order valence-electron chi connectivity index (χ1n) is 5.76. The normalized spacial score (nSPS) is 15.1. The lowest BCUT2D eigenvalue weighted by molar-refractivity contribution is 0.462. The predicted octanol–water partition coefficient (Wildman–Crippen LogP) is 2.89. The van der Waals surface area contributed by atoms with Gasteiger partial charge < -0.3 is 10.8 Å². The molecule has 2 aromatic carbocycles. The van der Waals surface area contributed by atoms with Gasteiger partial charge in [0.15, 0.2) is 0 Å². The molecule has 0 aliphatic rings. The van der Waals surface area contributed by atoms with E-state index >= 15 is 0 Å². The van der Waals surface area contributed by atoms with Crippen molar-refractivity contribution in [2.45, 2.75) is 12.9 Å². The molecular formula is C14H14FNO. The van der Waals surface area contributed by atoms with E-state index in [2.05, 4.69) is 0 Å². The van der Waals surface area contributed by atoms with E-state index in [4.69, 9.17) is 7.10 Å². The number of benzene rings is 2. The first-order valence-corrected chi connectivity index (χ1v) is 5.26. The van der Waals surface area contributed by atoms with Crippen molar-refractivity contribution in [3.05, 3.63) is 65.0 Å². The van der Waals surface area contributed by atoms with Gasteiger partial charge in [-0.3, -0.25) is 0 Å². The molecule has 0 spiro atoms. The smallest absolute Gasteiger partial charge is 0.123 e. The number of hydrogen-bond donors (Lipinski definition) is 2. The second-order valence-corrected chi connectivity index (χ2v) is 3.94. The summed E-state index contributed by atoms with van der Waals surface area (Å²) in [5, 5.41) is 9.72. The Morgan fingerprint density at radius 3 is 2.53 bits per heavy atom. The van der Waals surface area contributed by atoms with Crippen LogP contribution in [-0.4, -0.2) is 5.11 Å². The first-order chi connectivity index (χ1) is 8.41. The highest BCUT2D eigenvalue weighted by molar-refractivity contribution is 5.41. The lowest BCUT2D eigenvalue weighted by Crippen LogP contribution is -2.12. The molecule has 0 fully saturated rings. The fourth-order valence-corrected chi connectivity index (χ4v) is 1.61. The van der Waals surface area contributed by atoms with Gasteiger partial charge in [-0.1, -0.05) is 29.8 Å². The van der Waals surface area contributed by atoms with E-state index in [1.165, 1.54) is 6.07 Å². The zero-order valence-corrected chi connectivity index (χ0v) is 9.44. The Balaban J connectivity index is 2.53. The van der Waals surface area contributed by atoms with Crippen LogP contribution < -0.4 is 5.73 Å². The summed E-state index contributed by atoms with van der Waals surface area (Å²) in [6.45, 7) is 1.92. The summed E-state index contributed by atoms with van der Waals surface area (Å²) < 4.78 is 21.4. The van der Waals surface area contributed by atoms with Crippen molar-refractivity contribution in [2.75, 3.05) is 0 Å². The van der Waals surface area contributed by atoms with E-state index in [1.807, 2.05) is 19.1 Å². The summed E-state index contributed by atoms with van der Waals surface area (Å²) in [7, 11) is 0. The maximum atomic E-state index is 13.2. The Bertz CT molecular complexity index is 567. The molecule has 0 heterocycles. The van der Waals surface area contributed by atoms with Crippen LogP contribution in [0, 0.1) is 12.7 Å². The van der Waals surface area contributed by atoms with Gasteiger partial charge in [0.2, 0.25) is 0 Å². The monoisotopic (exact) mass is 232 g/mol. The Labute approximate surface area is 101 Å². The second kappa shape index (κ2) is 4.55. The standard InChI is InChI=1S/C14H14FNO/c1-9-2-4-10(5-3-9)14(16)12-8-11(15)6-7-13(12)17/h2-8,14,17H,16H2,1H3/t14-/m0/s1/i14D. The molecule has 0 saturated heterocycles. The van der Waals surface area contributed by atoms with Gasteiger partial charge in [-0.2, -0.15) is 0 Å². The highest BCUT2D eigenvalue weighted by Gasteiger charge is 2.13. The molecule has 88 valence electrons. The minimum absolute atomic E-state index is 0.0475. The van der Waals surface area contributed by atoms with Crippen molar-refractivity contribution >= 4 is 0 Å². The van der Waals surface area contributed by atoms with Crippen molar-refractivity contribution in [2.24, 2.45) is 5.73 Å². The molecule has 1 atom stereocenters. The van der Waals surface area contributed by atoms with Gasteiger partial charge in [-0.05, 0) is 30.7 Å². The second-order valence-electron chi connectivity index (χ2n) is 3.94. The van der Waals surface area contributed by atoms with Crippen molar-refractivity contribution in [3.8, 4) is 5.75 Å². The summed E-state index contributed by atoms with van der Waals surface area (Å²) in [5.41, 5.74) is 7.50. The molecule has 3 heteroatoms. The number of halogens is 1. The van der Waals surface area contributed by atoms with Crippen LogP contribution in [0.25, 0.3) is 0 Å². The Morgan fingerprint density at radius 1 is 1.24 bits per heavy atom. The largest absolute Gasteiger partial charge is 0.508 e. The predicted molar refractivity (Wildman–Crippen MR) is 65.3 cm³/mol. The fourth-order valence-electron chi connectivity index (χ4n) is 1.61. The number of hydrogen-bond acceptors (Lipinski definition) is 2. The van der Waals surface area contributed by atoms with Gasteiger partial charge in [0.25, 0.3) is 0 Å². The van der Waals surface area contributed by atoms with Crippen LogP contribution in [0.15, 0.2) is 42.5 Å². The van der Waals surface area contributed by atoms with Crippen LogP contribution in [0.2, 0.25) is 0 Å². The molecule has 0 aromatic heterocycles. The summed E-state index contributed by atoms with van der Waals surface area (Å²) in [6, 6.07) is 8.78. The highest BCUT2D eigenvalue weighted by Crippen LogP contribution is 2.28. The van der Waals surface area contributed by atoms with Gasteiger partial charge in [0, 0.05) is 5.56 Å². The average Bonchev–Trinajstić information content (AvgIpc) is 2.32. The van der Waals surface area contributed by atoms with Gasteiger partial charge >= 0.3 is 0 Å². The number of phenolic OH excluding ortho intramolecular Hbond substituents is 1. The van der Waals surface area contributed by atoms with E-state index in [9.17, 15) is 9.50 Å². The van der Waals surface area contributed by atoms with Crippen LogP contribution in [0.3, 0.4) is 0 Å². The van der Waals surface area contributed by atoms with E-state index in [0.717, 1.165) is 17.7 Å². The van der Waals surface area contributed by atoms with Crippen molar-refractivity contribution in [3.63, 3.8) is 0 Å². The van der Waals surface area contributed by atoms with Gasteiger partial charge in [0.05, 0.1) is 7.39 Å². The third kappa shape index (κ3) is 2.45. The maximum Gasteiger partial charge on any atom is 0.123 e. The van der Waals surface area contributed by atoms with Crippen LogP contribution in [0.4, 0.5) is 4.39 Å². The summed E-state index contributed by atoms with van der Waals surface area (Å²) in [5.74, 6) is -0.716. The molecule has 3 N–H and O–H groups in total. The topological polar surface area (TPSA) is 46.2 Å². The van der Waals surface area contributed by atoms with E-state index in [0.29, 0.717) is 5.56 Å². The quantitative estimate of drug-likeness (QED) is 0.836. The molecule has 0 saturated carbocycles. The van der Waals surface area contributed by atoms with Crippen LogP contribution in [0.5, 0.6) is 5.75 Å². The SMILES string of the molecule is [2H][C@](N)(c1ccc(C)cc1)c1cc(F)ccc1O. The molecule has 0 unspecified atom stereocenters. The Morgan fingerprint density at radius 2 is 1.88 bits per heavy atom. The Kier molecular flexibility index (Phi) is 2.76. The van der Waals surface area contributed by atoms with Crippen LogP contribution in [0.1, 0.15) is 24.1 Å². The van der Waals surface area contributed by atoms with E-state index in [1.54, 1.807) is 12.1 Å². The average molecular weight is 232 g/mol. The van der Waals surface area contributed by atoms with Crippen molar-refractivity contribution in [1.29, 1.82) is 0 Å². The van der Waals surface area contributed by atoms with E-state index < -0.39 is 11.8 Å². The van der Waals surface area contributed by atoms with Gasteiger partial charge in [-0.25, -0.2) is 4.39 Å². The summed E-state index contributed by atoms with van der Waals surface area (Å²) in [4.78, 5) is 0. The molecule has 0 bridgehead atoms. The van der Waals surface area contributed by atoms with Gasteiger partial charge in [-0.15, -0.1) is 0 Å². The van der Waals surface area contributed by atoms with Crippen LogP contribution >= 0.6 is 0 Å². The molecule has 0 radical (unpaired) electrons. The number of rotatable bonds is 2. The number of phenols is 1. The third-order valence-corrected chi connectivity index (χ3v) is 2.61. The molecule has 0 amide bonds. The number of aromatic hydroxyl groups is 1. The molecule has 17 heavy (non-hydrogen) atoms. The molecule has 2 nitrogen and oxygen atoms in total. The molecular weight excluding hydrogens is 217 g/mol. The van der Waals surface area contributed by atoms with E-state index in [-0.39, 0.29) is 11.3 Å². The van der Waals surface area contributed by atoms with Crippen molar-refractivity contribution in [1.82, 2.24) is 0 Å². The number of aryl methyl sites for hydroxylation is 1. The summed E-state index contributed by atoms with van der Waals surface area (Å²) >= 11 is 0. The fraction of sp³-hybridized carbons (Fsp3) is 0.143. The number of nitrogens with two attached hydrogens (primary N) is 1.